The number of hydrogen-bond donors (Lipinski definition) is 1. The van der Waals surface area contributed by atoms with E-state index in [1.54, 1.807) is 24.6 Å². The van der Waals surface area contributed by atoms with Crippen molar-refractivity contribution in [3.63, 3.8) is 0 Å². The number of anilines is 1. The number of nitrogens with zero attached hydrogens (tertiary/aromatic N) is 2. The molecule has 2 heterocycles. The Balaban J connectivity index is 2.05. The highest BCUT2D eigenvalue weighted by atomic mass is 32.1. The number of para-hydroxylation sites is 1. The average molecular weight is 283 g/mol. The van der Waals surface area contributed by atoms with Gasteiger partial charge in [0.15, 0.2) is 0 Å². The van der Waals surface area contributed by atoms with Gasteiger partial charge < -0.3 is 10.5 Å². The van der Waals surface area contributed by atoms with Crippen LogP contribution in [0.4, 0.5) is 5.82 Å². The third kappa shape index (κ3) is 2.23. The molecule has 4 nitrogen and oxygen atoms in total. The summed E-state index contributed by atoms with van der Waals surface area (Å²) in [4.78, 5) is 9.58. The van der Waals surface area contributed by atoms with Crippen LogP contribution < -0.4 is 10.5 Å². The number of thiazole rings is 1. The Labute approximate surface area is 120 Å². The molecule has 0 radical (unpaired) electrons. The lowest BCUT2D eigenvalue weighted by Crippen LogP contribution is -1.92. The van der Waals surface area contributed by atoms with E-state index in [4.69, 9.17) is 10.5 Å². The normalized spacial score (nSPS) is 10.4. The Morgan fingerprint density at radius 1 is 1.05 bits per heavy atom. The third-order valence-electron chi connectivity index (χ3n) is 2.95. The molecule has 0 saturated heterocycles. The van der Waals surface area contributed by atoms with Crippen LogP contribution in [0.1, 0.15) is 0 Å². The van der Waals surface area contributed by atoms with Crippen molar-refractivity contribution in [2.75, 3.05) is 12.8 Å². The molecule has 2 aromatic heterocycles. The van der Waals surface area contributed by atoms with Gasteiger partial charge in [-0.2, -0.15) is 0 Å². The van der Waals surface area contributed by atoms with E-state index in [1.165, 1.54) is 0 Å². The molecule has 0 fully saturated rings. The summed E-state index contributed by atoms with van der Waals surface area (Å²) in [6, 6.07) is 11.7. The van der Waals surface area contributed by atoms with Crippen molar-refractivity contribution in [2.24, 2.45) is 0 Å². The molecule has 0 spiro atoms. The van der Waals surface area contributed by atoms with E-state index in [0.29, 0.717) is 5.82 Å². The van der Waals surface area contributed by atoms with Crippen LogP contribution in [0.15, 0.2) is 48.8 Å². The molecule has 0 atom stereocenters. The van der Waals surface area contributed by atoms with Crippen LogP contribution in [-0.2, 0) is 0 Å². The number of rotatable bonds is 3. The molecule has 2 N–H and O–H groups in total. The van der Waals surface area contributed by atoms with Crippen molar-refractivity contribution >= 4 is 17.2 Å². The quantitative estimate of drug-likeness (QED) is 0.799. The van der Waals surface area contributed by atoms with Crippen LogP contribution >= 0.6 is 11.3 Å². The summed E-state index contributed by atoms with van der Waals surface area (Å²) in [5, 5.41) is 0.858. The monoisotopic (exact) mass is 283 g/mol. The topological polar surface area (TPSA) is 61.0 Å². The third-order valence-corrected chi connectivity index (χ3v) is 4.01. The van der Waals surface area contributed by atoms with Crippen molar-refractivity contribution in [1.82, 2.24) is 9.97 Å². The first kappa shape index (κ1) is 12.6. The lowest BCUT2D eigenvalue weighted by Gasteiger charge is -2.05. The highest BCUT2D eigenvalue weighted by Gasteiger charge is 2.12. The Kier molecular flexibility index (Phi) is 3.35. The molecule has 0 aliphatic carbocycles. The zero-order valence-corrected chi connectivity index (χ0v) is 11.7. The van der Waals surface area contributed by atoms with Gasteiger partial charge in [-0.15, -0.1) is 11.3 Å². The summed E-state index contributed by atoms with van der Waals surface area (Å²) >= 11 is 1.57. The highest BCUT2D eigenvalue weighted by Crippen LogP contribution is 2.37. The second kappa shape index (κ2) is 5.30. The molecule has 100 valence electrons. The minimum atomic E-state index is 0.494. The van der Waals surface area contributed by atoms with E-state index in [0.717, 1.165) is 26.8 Å². The van der Waals surface area contributed by atoms with E-state index >= 15 is 0 Å². The molecule has 3 rings (SSSR count). The number of pyridine rings is 1. The van der Waals surface area contributed by atoms with E-state index in [-0.39, 0.29) is 0 Å². The molecule has 0 bridgehead atoms. The SMILES string of the molecule is COc1ccccc1-c1cnc(-c2cccnc2N)s1. The maximum atomic E-state index is 5.89. The summed E-state index contributed by atoms with van der Waals surface area (Å²) in [5.74, 6) is 1.33. The van der Waals surface area contributed by atoms with Crippen LogP contribution in [0.2, 0.25) is 0 Å². The fourth-order valence-electron chi connectivity index (χ4n) is 1.97. The Morgan fingerprint density at radius 3 is 2.65 bits per heavy atom. The van der Waals surface area contributed by atoms with Crippen LogP contribution in [0.3, 0.4) is 0 Å². The van der Waals surface area contributed by atoms with Gasteiger partial charge in [0.05, 0.1) is 17.6 Å². The first-order valence-electron chi connectivity index (χ1n) is 6.09. The fraction of sp³-hybridized carbons (Fsp3) is 0.0667. The maximum Gasteiger partial charge on any atom is 0.133 e. The van der Waals surface area contributed by atoms with Gasteiger partial charge in [0.2, 0.25) is 0 Å². The van der Waals surface area contributed by atoms with Crippen LogP contribution in [0.25, 0.3) is 21.0 Å². The smallest absolute Gasteiger partial charge is 0.133 e. The highest BCUT2D eigenvalue weighted by molar-refractivity contribution is 7.18. The van der Waals surface area contributed by atoms with Crippen LogP contribution in [-0.4, -0.2) is 17.1 Å². The van der Waals surface area contributed by atoms with Gasteiger partial charge in [-0.05, 0) is 24.3 Å². The molecule has 5 heteroatoms. The van der Waals surface area contributed by atoms with Gasteiger partial charge in [0.25, 0.3) is 0 Å². The first-order valence-corrected chi connectivity index (χ1v) is 6.91. The predicted molar refractivity (Wildman–Crippen MR) is 81.7 cm³/mol. The number of hydrogen-bond acceptors (Lipinski definition) is 5. The van der Waals surface area contributed by atoms with Gasteiger partial charge in [-0.25, -0.2) is 9.97 Å². The van der Waals surface area contributed by atoms with Crippen molar-refractivity contribution in [3.05, 3.63) is 48.8 Å². The summed E-state index contributed by atoms with van der Waals surface area (Å²) in [5.41, 5.74) is 7.78. The number of nitrogens with two attached hydrogens (primary N) is 1. The zero-order chi connectivity index (χ0) is 13.9. The number of nitrogen functional groups attached to an aromatic ring is 1. The fourth-order valence-corrected chi connectivity index (χ4v) is 2.95. The predicted octanol–water partition coefficient (Wildman–Crippen LogP) is 3.46. The molecule has 0 amide bonds. The van der Waals surface area contributed by atoms with Crippen LogP contribution in [0, 0.1) is 0 Å². The minimum absolute atomic E-state index is 0.494. The number of methoxy groups -OCH3 is 1. The van der Waals surface area contributed by atoms with Crippen LogP contribution in [0.5, 0.6) is 5.75 Å². The molecular formula is C15H13N3OS. The Bertz CT molecular complexity index is 739. The standard InChI is InChI=1S/C15H13N3OS/c1-19-12-7-3-2-5-10(12)13-9-18-15(20-13)11-6-4-8-17-14(11)16/h2-9H,1H3,(H2,16,17). The summed E-state index contributed by atoms with van der Waals surface area (Å²) in [6.45, 7) is 0. The Hall–Kier alpha value is -2.40. The van der Waals surface area contributed by atoms with Gasteiger partial charge >= 0.3 is 0 Å². The lowest BCUT2D eigenvalue weighted by molar-refractivity contribution is 0.416. The molecule has 0 aliphatic heterocycles. The molecule has 0 unspecified atom stereocenters. The van der Waals surface area contributed by atoms with Crippen molar-refractivity contribution < 1.29 is 4.74 Å². The van der Waals surface area contributed by atoms with Crippen molar-refractivity contribution in [2.45, 2.75) is 0 Å². The summed E-state index contributed by atoms with van der Waals surface area (Å²) in [6.07, 6.45) is 3.51. The summed E-state index contributed by atoms with van der Waals surface area (Å²) < 4.78 is 5.38. The van der Waals surface area contributed by atoms with E-state index in [9.17, 15) is 0 Å². The van der Waals surface area contributed by atoms with E-state index in [1.807, 2.05) is 42.6 Å². The van der Waals surface area contributed by atoms with Crippen molar-refractivity contribution in [3.8, 4) is 26.8 Å². The average Bonchev–Trinajstić information content (AvgIpc) is 2.97. The first-order chi connectivity index (χ1) is 9.79. The number of benzene rings is 1. The summed E-state index contributed by atoms with van der Waals surface area (Å²) in [7, 11) is 1.67. The van der Waals surface area contributed by atoms with Gasteiger partial charge in [0, 0.05) is 18.0 Å². The molecule has 3 aromatic rings. The minimum Gasteiger partial charge on any atom is -0.496 e. The van der Waals surface area contributed by atoms with Gasteiger partial charge in [-0.1, -0.05) is 12.1 Å². The lowest BCUT2D eigenvalue weighted by atomic mass is 10.2. The number of ether oxygens (including phenoxy) is 1. The van der Waals surface area contributed by atoms with Crippen molar-refractivity contribution in [1.29, 1.82) is 0 Å². The maximum absolute atomic E-state index is 5.89. The molecule has 0 aliphatic rings. The zero-order valence-electron chi connectivity index (χ0n) is 10.9. The Morgan fingerprint density at radius 2 is 1.85 bits per heavy atom. The molecule has 0 saturated carbocycles. The largest absolute Gasteiger partial charge is 0.496 e. The number of aromatic nitrogens is 2. The molecule has 1 aromatic carbocycles. The van der Waals surface area contributed by atoms with E-state index < -0.39 is 0 Å². The second-order valence-corrected chi connectivity index (χ2v) is 5.20. The van der Waals surface area contributed by atoms with Gasteiger partial charge in [0.1, 0.15) is 16.6 Å². The van der Waals surface area contributed by atoms with E-state index in [2.05, 4.69) is 9.97 Å². The second-order valence-electron chi connectivity index (χ2n) is 4.17. The molecule has 20 heavy (non-hydrogen) atoms. The van der Waals surface area contributed by atoms with Gasteiger partial charge in [-0.3, -0.25) is 0 Å². The molecular weight excluding hydrogens is 270 g/mol.